The Morgan fingerprint density at radius 1 is 1.35 bits per heavy atom. The van der Waals surface area contributed by atoms with Crippen LogP contribution in [-0.4, -0.2) is 17.9 Å². The molecule has 0 aliphatic heterocycles. The van der Waals surface area contributed by atoms with Gasteiger partial charge in [0.25, 0.3) is 0 Å². The lowest BCUT2D eigenvalue weighted by atomic mass is 10.0. The van der Waals surface area contributed by atoms with Crippen molar-refractivity contribution in [3.05, 3.63) is 34.9 Å². The number of amides is 2. The number of rotatable bonds is 5. The lowest BCUT2D eigenvalue weighted by Gasteiger charge is -2.12. The van der Waals surface area contributed by atoms with E-state index in [1.807, 2.05) is 13.0 Å². The molecule has 1 rings (SSSR count). The molecule has 0 spiro atoms. The molecule has 0 aliphatic rings. The molecule has 92 valence electrons. The van der Waals surface area contributed by atoms with Gasteiger partial charge in [-0.2, -0.15) is 0 Å². The van der Waals surface area contributed by atoms with Crippen LogP contribution in [-0.2, 0) is 11.3 Å². The number of benzene rings is 1. The predicted molar refractivity (Wildman–Crippen MR) is 65.2 cm³/mol. The fraction of sp³-hybridized carbons (Fsp3) is 0.333. The normalized spacial score (nSPS) is 12.1. The molecular formula is C12H17N3O2. The molecule has 5 heteroatoms. The van der Waals surface area contributed by atoms with Gasteiger partial charge in [-0.3, -0.25) is 9.59 Å². The van der Waals surface area contributed by atoms with Crippen LogP contribution in [0, 0.1) is 6.92 Å². The Morgan fingerprint density at radius 3 is 2.47 bits per heavy atom. The monoisotopic (exact) mass is 235 g/mol. The first kappa shape index (κ1) is 13.2. The topological polar surface area (TPSA) is 98.2 Å². The van der Waals surface area contributed by atoms with Crippen molar-refractivity contribution in [3.63, 3.8) is 0 Å². The Balaban J connectivity index is 2.73. The number of hydrogen-bond donors (Lipinski definition) is 3. The van der Waals surface area contributed by atoms with Crippen LogP contribution in [0.1, 0.15) is 28.4 Å². The summed E-state index contributed by atoms with van der Waals surface area (Å²) in [5, 5.41) is 3.00. The van der Waals surface area contributed by atoms with Gasteiger partial charge in [0.05, 0.1) is 6.04 Å². The largest absolute Gasteiger partial charge is 0.368 e. The van der Waals surface area contributed by atoms with E-state index in [0.717, 1.165) is 11.1 Å². The standard InChI is InChI=1S/C12H17N3O2/c1-7-5-9(12(14)17)3-4-10(7)6-15-8(2)11(13)16/h3-5,8,15H,6H2,1-2H3,(H2,13,16)(H2,14,17). The molecule has 1 atom stereocenters. The molecule has 5 N–H and O–H groups in total. The molecule has 1 aromatic carbocycles. The maximum atomic E-state index is 11.0. The van der Waals surface area contributed by atoms with E-state index in [9.17, 15) is 9.59 Å². The van der Waals surface area contributed by atoms with E-state index in [2.05, 4.69) is 5.32 Å². The number of primary amides is 2. The second-order valence-corrected chi connectivity index (χ2v) is 4.01. The predicted octanol–water partition coefficient (Wildman–Crippen LogP) is 0.0573. The minimum Gasteiger partial charge on any atom is -0.368 e. The first-order valence-corrected chi connectivity index (χ1v) is 5.34. The zero-order valence-corrected chi connectivity index (χ0v) is 9.99. The lowest BCUT2D eigenvalue weighted by Crippen LogP contribution is -2.38. The van der Waals surface area contributed by atoms with E-state index in [0.29, 0.717) is 12.1 Å². The highest BCUT2D eigenvalue weighted by molar-refractivity contribution is 5.93. The summed E-state index contributed by atoms with van der Waals surface area (Å²) in [7, 11) is 0. The summed E-state index contributed by atoms with van der Waals surface area (Å²) in [4.78, 5) is 21.8. The van der Waals surface area contributed by atoms with Crippen molar-refractivity contribution in [1.29, 1.82) is 0 Å². The smallest absolute Gasteiger partial charge is 0.248 e. The van der Waals surface area contributed by atoms with Crippen molar-refractivity contribution >= 4 is 11.8 Å². The Kier molecular flexibility index (Phi) is 4.23. The number of carbonyl (C=O) groups is 2. The average molecular weight is 235 g/mol. The van der Waals surface area contributed by atoms with Crippen LogP contribution < -0.4 is 16.8 Å². The van der Waals surface area contributed by atoms with Crippen molar-refractivity contribution < 1.29 is 9.59 Å². The number of aryl methyl sites for hydroxylation is 1. The second kappa shape index (κ2) is 5.45. The van der Waals surface area contributed by atoms with E-state index < -0.39 is 11.8 Å². The summed E-state index contributed by atoms with van der Waals surface area (Å²) < 4.78 is 0. The third-order valence-electron chi connectivity index (χ3n) is 2.65. The SMILES string of the molecule is Cc1cc(C(N)=O)ccc1CNC(C)C(N)=O. The van der Waals surface area contributed by atoms with Gasteiger partial charge in [0.2, 0.25) is 11.8 Å². The van der Waals surface area contributed by atoms with Gasteiger partial charge in [0.15, 0.2) is 0 Å². The third-order valence-corrected chi connectivity index (χ3v) is 2.65. The second-order valence-electron chi connectivity index (χ2n) is 4.01. The maximum Gasteiger partial charge on any atom is 0.248 e. The molecule has 0 aromatic heterocycles. The third kappa shape index (κ3) is 3.57. The highest BCUT2D eigenvalue weighted by atomic mass is 16.1. The van der Waals surface area contributed by atoms with Crippen LogP contribution in [0.4, 0.5) is 0 Å². The molecule has 0 aliphatic carbocycles. The molecule has 0 radical (unpaired) electrons. The van der Waals surface area contributed by atoms with E-state index >= 15 is 0 Å². The fourth-order valence-electron chi connectivity index (χ4n) is 1.41. The first-order valence-electron chi connectivity index (χ1n) is 5.34. The molecule has 0 fully saturated rings. The minimum atomic E-state index is -0.446. The first-order chi connectivity index (χ1) is 7.91. The van der Waals surface area contributed by atoms with Crippen LogP contribution in [0.25, 0.3) is 0 Å². The lowest BCUT2D eigenvalue weighted by molar-refractivity contribution is -0.119. The molecule has 1 unspecified atom stereocenters. The van der Waals surface area contributed by atoms with Crippen LogP contribution in [0.5, 0.6) is 0 Å². The van der Waals surface area contributed by atoms with Gasteiger partial charge in [-0.15, -0.1) is 0 Å². The summed E-state index contributed by atoms with van der Waals surface area (Å²) in [5.74, 6) is -0.838. The Morgan fingerprint density at radius 2 is 2.00 bits per heavy atom. The molecular weight excluding hydrogens is 218 g/mol. The fourth-order valence-corrected chi connectivity index (χ4v) is 1.41. The molecule has 1 aromatic rings. The molecule has 0 saturated heterocycles. The summed E-state index contributed by atoms with van der Waals surface area (Å²) in [6.45, 7) is 4.11. The number of nitrogens with one attached hydrogen (secondary N) is 1. The van der Waals surface area contributed by atoms with Gasteiger partial charge in [-0.05, 0) is 37.1 Å². The van der Waals surface area contributed by atoms with E-state index in [4.69, 9.17) is 11.5 Å². The van der Waals surface area contributed by atoms with Gasteiger partial charge >= 0.3 is 0 Å². The van der Waals surface area contributed by atoms with Crippen LogP contribution in [0.2, 0.25) is 0 Å². The van der Waals surface area contributed by atoms with Gasteiger partial charge in [-0.1, -0.05) is 6.07 Å². The Hall–Kier alpha value is -1.88. The number of carbonyl (C=O) groups excluding carboxylic acids is 2. The van der Waals surface area contributed by atoms with Gasteiger partial charge in [-0.25, -0.2) is 0 Å². The van der Waals surface area contributed by atoms with Crippen molar-refractivity contribution in [1.82, 2.24) is 5.32 Å². The highest BCUT2D eigenvalue weighted by Gasteiger charge is 2.09. The van der Waals surface area contributed by atoms with E-state index in [1.165, 1.54) is 0 Å². The summed E-state index contributed by atoms with van der Waals surface area (Å²) in [5.41, 5.74) is 12.8. The van der Waals surface area contributed by atoms with Crippen molar-refractivity contribution in [2.24, 2.45) is 11.5 Å². The summed E-state index contributed by atoms with van der Waals surface area (Å²) in [6, 6.07) is 4.83. The summed E-state index contributed by atoms with van der Waals surface area (Å²) >= 11 is 0. The van der Waals surface area contributed by atoms with Crippen molar-refractivity contribution in [3.8, 4) is 0 Å². The van der Waals surface area contributed by atoms with Crippen LogP contribution >= 0.6 is 0 Å². The zero-order chi connectivity index (χ0) is 13.0. The van der Waals surface area contributed by atoms with Gasteiger partial charge < -0.3 is 16.8 Å². The Labute approximate surface area is 100 Å². The van der Waals surface area contributed by atoms with E-state index in [-0.39, 0.29) is 6.04 Å². The maximum absolute atomic E-state index is 11.0. The van der Waals surface area contributed by atoms with E-state index in [1.54, 1.807) is 19.1 Å². The molecule has 0 heterocycles. The van der Waals surface area contributed by atoms with Crippen molar-refractivity contribution in [2.75, 3.05) is 0 Å². The summed E-state index contributed by atoms with van der Waals surface area (Å²) in [6.07, 6.45) is 0. The minimum absolute atomic E-state index is 0.384. The van der Waals surface area contributed by atoms with Crippen LogP contribution in [0.15, 0.2) is 18.2 Å². The highest BCUT2D eigenvalue weighted by Crippen LogP contribution is 2.10. The molecule has 0 bridgehead atoms. The number of hydrogen-bond acceptors (Lipinski definition) is 3. The number of nitrogens with two attached hydrogens (primary N) is 2. The van der Waals surface area contributed by atoms with Gasteiger partial charge in [0, 0.05) is 12.1 Å². The Bertz CT molecular complexity index is 443. The average Bonchev–Trinajstić information content (AvgIpc) is 2.26. The van der Waals surface area contributed by atoms with Crippen molar-refractivity contribution in [2.45, 2.75) is 26.4 Å². The quantitative estimate of drug-likeness (QED) is 0.673. The zero-order valence-electron chi connectivity index (χ0n) is 9.99. The molecule has 0 saturated carbocycles. The van der Waals surface area contributed by atoms with Gasteiger partial charge in [0.1, 0.15) is 0 Å². The molecule has 17 heavy (non-hydrogen) atoms. The molecule has 2 amide bonds. The van der Waals surface area contributed by atoms with Crippen LogP contribution in [0.3, 0.4) is 0 Å². The molecule has 5 nitrogen and oxygen atoms in total.